The highest BCUT2D eigenvalue weighted by molar-refractivity contribution is 5.96. The first-order valence-corrected chi connectivity index (χ1v) is 3.75. The summed E-state index contributed by atoms with van der Waals surface area (Å²) in [7, 11) is 0. The van der Waals surface area contributed by atoms with E-state index in [1.54, 1.807) is 0 Å². The normalized spacial score (nSPS) is 8.07. The number of amides is 2. The topological polar surface area (TPSA) is 95.5 Å². The van der Waals surface area contributed by atoms with E-state index < -0.39 is 24.3 Å². The van der Waals surface area contributed by atoms with Crippen LogP contribution in [0.1, 0.15) is 6.92 Å². The Morgan fingerprint density at radius 1 is 1.21 bits per heavy atom. The van der Waals surface area contributed by atoms with E-state index in [4.69, 9.17) is 5.11 Å². The van der Waals surface area contributed by atoms with Gasteiger partial charge in [0.2, 0.25) is 5.91 Å². The molecule has 0 heterocycles. The second-order valence-corrected chi connectivity index (χ2v) is 2.23. The molecule has 0 fully saturated rings. The zero-order valence-electron chi connectivity index (χ0n) is 7.59. The van der Waals surface area contributed by atoms with Crippen LogP contribution in [0, 0.1) is 11.8 Å². The van der Waals surface area contributed by atoms with Crippen LogP contribution in [0.4, 0.5) is 0 Å². The zero-order valence-corrected chi connectivity index (χ0v) is 7.59. The largest absolute Gasteiger partial charge is 0.480 e. The van der Waals surface area contributed by atoms with E-state index in [0.717, 1.165) is 0 Å². The summed E-state index contributed by atoms with van der Waals surface area (Å²) in [6.07, 6.45) is 0. The number of carboxylic acid groups (broad SMARTS) is 1. The van der Waals surface area contributed by atoms with E-state index >= 15 is 0 Å². The Morgan fingerprint density at radius 3 is 2.36 bits per heavy atom. The van der Waals surface area contributed by atoms with E-state index in [1.165, 1.54) is 6.92 Å². The summed E-state index contributed by atoms with van der Waals surface area (Å²) < 4.78 is 0. The van der Waals surface area contributed by atoms with Crippen molar-refractivity contribution in [2.45, 2.75) is 6.92 Å². The highest BCUT2D eigenvalue weighted by Crippen LogP contribution is 1.67. The smallest absolute Gasteiger partial charge is 0.322 e. The van der Waals surface area contributed by atoms with Gasteiger partial charge in [-0.25, -0.2) is 0 Å². The summed E-state index contributed by atoms with van der Waals surface area (Å²) in [6.45, 7) is 0.749. The van der Waals surface area contributed by atoms with Crippen molar-refractivity contribution in [3.8, 4) is 11.8 Å². The van der Waals surface area contributed by atoms with E-state index in [0.29, 0.717) is 0 Å². The first-order chi connectivity index (χ1) is 6.56. The highest BCUT2D eigenvalue weighted by Gasteiger charge is 2.04. The molecule has 0 atom stereocenters. The Morgan fingerprint density at radius 2 is 1.86 bits per heavy atom. The van der Waals surface area contributed by atoms with Crippen molar-refractivity contribution in [2.24, 2.45) is 0 Å². The third kappa shape index (κ3) is 6.67. The Kier molecular flexibility index (Phi) is 5.54. The van der Waals surface area contributed by atoms with E-state index in [1.807, 2.05) is 0 Å². The number of carbonyl (C=O) groups is 3. The van der Waals surface area contributed by atoms with Crippen LogP contribution in [0.25, 0.3) is 0 Å². The van der Waals surface area contributed by atoms with E-state index in [2.05, 4.69) is 22.5 Å². The van der Waals surface area contributed by atoms with Gasteiger partial charge in [-0.1, -0.05) is 5.92 Å². The maximum atomic E-state index is 10.8. The van der Waals surface area contributed by atoms with Crippen LogP contribution in [0.3, 0.4) is 0 Å². The van der Waals surface area contributed by atoms with Crippen molar-refractivity contribution >= 4 is 17.8 Å². The molecule has 6 heteroatoms. The third-order valence-electron chi connectivity index (χ3n) is 1.08. The predicted octanol–water partition coefficient (Wildman–Crippen LogP) is -1.67. The third-order valence-corrected chi connectivity index (χ3v) is 1.08. The van der Waals surface area contributed by atoms with Crippen molar-refractivity contribution in [3.63, 3.8) is 0 Å². The van der Waals surface area contributed by atoms with Gasteiger partial charge in [0, 0.05) is 0 Å². The molecule has 0 aromatic carbocycles. The molecule has 0 saturated carbocycles. The van der Waals surface area contributed by atoms with Crippen LogP contribution < -0.4 is 10.6 Å². The zero-order chi connectivity index (χ0) is 11.0. The summed E-state index contributed by atoms with van der Waals surface area (Å²) in [5.41, 5.74) is 0. The van der Waals surface area contributed by atoms with Gasteiger partial charge in [-0.05, 0) is 12.8 Å². The molecule has 6 nitrogen and oxygen atoms in total. The standard InChI is InChI=1S/C8H10N2O4/c1-2-3-6(11)9-4-7(12)10-5-8(13)14/h4-5H2,1H3,(H,9,11)(H,10,12)(H,13,14). The van der Waals surface area contributed by atoms with Crippen molar-refractivity contribution in [1.29, 1.82) is 0 Å². The van der Waals surface area contributed by atoms with Crippen LogP contribution in [0.2, 0.25) is 0 Å². The molecule has 0 aromatic heterocycles. The van der Waals surface area contributed by atoms with Gasteiger partial charge in [-0.2, -0.15) is 0 Å². The summed E-state index contributed by atoms with van der Waals surface area (Å²) in [6, 6.07) is 0. The summed E-state index contributed by atoms with van der Waals surface area (Å²) in [5, 5.41) is 12.5. The molecule has 0 aromatic rings. The molecule has 0 aliphatic rings. The van der Waals surface area contributed by atoms with Crippen LogP contribution >= 0.6 is 0 Å². The molecule has 0 aliphatic carbocycles. The minimum atomic E-state index is -1.14. The molecule has 0 saturated heterocycles. The van der Waals surface area contributed by atoms with Crippen LogP contribution in [0.15, 0.2) is 0 Å². The summed E-state index contributed by atoms with van der Waals surface area (Å²) in [4.78, 5) is 31.5. The molecule has 0 rings (SSSR count). The lowest BCUT2D eigenvalue weighted by Gasteiger charge is -2.01. The lowest BCUT2D eigenvalue weighted by atomic mass is 10.5. The number of carboxylic acids is 1. The first-order valence-electron chi connectivity index (χ1n) is 3.75. The maximum absolute atomic E-state index is 10.8. The van der Waals surface area contributed by atoms with E-state index in [-0.39, 0.29) is 6.54 Å². The highest BCUT2D eigenvalue weighted by atomic mass is 16.4. The number of aliphatic carboxylic acids is 1. The molecule has 0 aliphatic heterocycles. The maximum Gasteiger partial charge on any atom is 0.322 e. The van der Waals surface area contributed by atoms with Crippen molar-refractivity contribution in [3.05, 3.63) is 0 Å². The lowest BCUT2D eigenvalue weighted by molar-refractivity contribution is -0.137. The van der Waals surface area contributed by atoms with Gasteiger partial charge in [-0.15, -0.1) is 0 Å². The number of nitrogens with one attached hydrogen (secondary N) is 2. The van der Waals surface area contributed by atoms with Crippen LogP contribution in [-0.4, -0.2) is 36.0 Å². The monoisotopic (exact) mass is 198 g/mol. The fourth-order valence-corrected chi connectivity index (χ4v) is 0.555. The van der Waals surface area contributed by atoms with Gasteiger partial charge in [-0.3, -0.25) is 14.4 Å². The molecule has 76 valence electrons. The quantitative estimate of drug-likeness (QED) is 0.470. The van der Waals surface area contributed by atoms with Crippen molar-refractivity contribution in [1.82, 2.24) is 10.6 Å². The Balaban J connectivity index is 3.67. The minimum Gasteiger partial charge on any atom is -0.480 e. The molecule has 0 unspecified atom stereocenters. The van der Waals surface area contributed by atoms with Gasteiger partial charge in [0.15, 0.2) is 0 Å². The van der Waals surface area contributed by atoms with Crippen molar-refractivity contribution in [2.75, 3.05) is 13.1 Å². The second kappa shape index (κ2) is 6.48. The number of hydrogen-bond donors (Lipinski definition) is 3. The van der Waals surface area contributed by atoms with Gasteiger partial charge in [0.25, 0.3) is 5.91 Å². The minimum absolute atomic E-state index is 0.277. The van der Waals surface area contributed by atoms with Gasteiger partial charge in [0.05, 0.1) is 6.54 Å². The Hall–Kier alpha value is -2.03. The van der Waals surface area contributed by atoms with Crippen LogP contribution in [0.5, 0.6) is 0 Å². The number of carbonyl (C=O) groups excluding carboxylic acids is 2. The average molecular weight is 198 g/mol. The number of rotatable bonds is 4. The molecule has 0 spiro atoms. The molecular weight excluding hydrogens is 188 g/mol. The van der Waals surface area contributed by atoms with Crippen molar-refractivity contribution < 1.29 is 19.5 Å². The Bertz CT molecular complexity index is 300. The first kappa shape index (κ1) is 12.0. The average Bonchev–Trinajstić information content (AvgIpc) is 2.12. The predicted molar refractivity (Wildman–Crippen MR) is 47.1 cm³/mol. The van der Waals surface area contributed by atoms with Crippen LogP contribution in [-0.2, 0) is 14.4 Å². The summed E-state index contributed by atoms with van der Waals surface area (Å²) >= 11 is 0. The SMILES string of the molecule is CC#CC(=O)NCC(=O)NCC(=O)O. The molecular formula is C8H10N2O4. The lowest BCUT2D eigenvalue weighted by Crippen LogP contribution is -2.38. The molecule has 0 bridgehead atoms. The van der Waals surface area contributed by atoms with Gasteiger partial charge < -0.3 is 15.7 Å². The fraction of sp³-hybridized carbons (Fsp3) is 0.375. The second-order valence-electron chi connectivity index (χ2n) is 2.23. The fourth-order valence-electron chi connectivity index (χ4n) is 0.555. The molecule has 3 N–H and O–H groups in total. The van der Waals surface area contributed by atoms with E-state index in [9.17, 15) is 14.4 Å². The summed E-state index contributed by atoms with van der Waals surface area (Å²) in [5.74, 6) is 2.24. The molecule has 0 radical (unpaired) electrons. The number of hydrogen-bond acceptors (Lipinski definition) is 3. The van der Waals surface area contributed by atoms with Gasteiger partial charge >= 0.3 is 5.97 Å². The van der Waals surface area contributed by atoms with Gasteiger partial charge in [0.1, 0.15) is 6.54 Å². The Labute approximate surface area is 80.7 Å². The molecule has 2 amide bonds. The molecule has 14 heavy (non-hydrogen) atoms.